The standard InChI is InChI=1S/C22H25N7O/c1-3-18-24-19-20(27-10-12-30-13-11-27)25-22(26-21(19)28(18)4-2)29-15-17(14-23-29)16-8-6-5-7-9-16/h5-9,14-15H,3-4,10-13H2,1-2H3. The number of aromatic nitrogens is 6. The quantitative estimate of drug-likeness (QED) is 0.510. The van der Waals surface area contributed by atoms with Crippen molar-refractivity contribution in [2.75, 3.05) is 31.2 Å². The second kappa shape index (κ2) is 7.87. The molecule has 0 N–H and O–H groups in total. The van der Waals surface area contributed by atoms with E-state index >= 15 is 0 Å². The molecule has 1 aliphatic rings. The van der Waals surface area contributed by atoms with Crippen molar-refractivity contribution in [2.45, 2.75) is 26.8 Å². The van der Waals surface area contributed by atoms with Crippen LogP contribution in [0, 0.1) is 0 Å². The van der Waals surface area contributed by atoms with Gasteiger partial charge in [0.05, 0.1) is 19.4 Å². The van der Waals surface area contributed by atoms with Crippen LogP contribution < -0.4 is 4.90 Å². The highest BCUT2D eigenvalue weighted by Crippen LogP contribution is 2.27. The van der Waals surface area contributed by atoms with Crippen molar-refractivity contribution in [3.8, 4) is 17.1 Å². The Morgan fingerprint density at radius 2 is 1.77 bits per heavy atom. The summed E-state index contributed by atoms with van der Waals surface area (Å²) in [7, 11) is 0. The first-order chi connectivity index (χ1) is 14.8. The molecule has 0 spiro atoms. The van der Waals surface area contributed by atoms with Crippen LogP contribution in [0.3, 0.4) is 0 Å². The Morgan fingerprint density at radius 1 is 0.967 bits per heavy atom. The summed E-state index contributed by atoms with van der Waals surface area (Å²) in [5, 5.41) is 4.56. The molecular weight excluding hydrogens is 378 g/mol. The van der Waals surface area contributed by atoms with E-state index in [1.807, 2.05) is 30.6 Å². The lowest BCUT2D eigenvalue weighted by atomic mass is 10.1. The third-order valence-corrected chi connectivity index (χ3v) is 5.48. The predicted octanol–water partition coefficient (Wildman–Crippen LogP) is 3.10. The first-order valence-corrected chi connectivity index (χ1v) is 10.5. The lowest BCUT2D eigenvalue weighted by Gasteiger charge is -2.28. The highest BCUT2D eigenvalue weighted by molar-refractivity contribution is 5.85. The molecule has 0 amide bonds. The molecule has 0 atom stereocenters. The summed E-state index contributed by atoms with van der Waals surface area (Å²) in [6, 6.07) is 10.2. The number of ether oxygens (including phenoxy) is 1. The highest BCUT2D eigenvalue weighted by Gasteiger charge is 2.23. The Bertz CT molecular complexity index is 1160. The van der Waals surface area contributed by atoms with Crippen LogP contribution in [0.25, 0.3) is 28.2 Å². The van der Waals surface area contributed by atoms with Crippen molar-refractivity contribution in [3.05, 3.63) is 48.5 Å². The summed E-state index contributed by atoms with van der Waals surface area (Å²) >= 11 is 0. The number of rotatable bonds is 5. The van der Waals surface area contributed by atoms with Crippen LogP contribution in [0.2, 0.25) is 0 Å². The third-order valence-electron chi connectivity index (χ3n) is 5.48. The zero-order valence-corrected chi connectivity index (χ0v) is 17.3. The predicted molar refractivity (Wildman–Crippen MR) is 116 cm³/mol. The Kier molecular flexibility index (Phi) is 4.92. The van der Waals surface area contributed by atoms with E-state index in [0.29, 0.717) is 19.2 Å². The van der Waals surface area contributed by atoms with E-state index in [-0.39, 0.29) is 0 Å². The smallest absolute Gasteiger partial charge is 0.254 e. The number of hydrogen-bond acceptors (Lipinski definition) is 6. The summed E-state index contributed by atoms with van der Waals surface area (Å²) in [5.41, 5.74) is 3.86. The molecule has 0 unspecified atom stereocenters. The van der Waals surface area contributed by atoms with Crippen LogP contribution in [-0.2, 0) is 17.7 Å². The van der Waals surface area contributed by atoms with Crippen LogP contribution in [0.4, 0.5) is 5.82 Å². The lowest BCUT2D eigenvalue weighted by molar-refractivity contribution is 0.122. The average molecular weight is 403 g/mol. The van der Waals surface area contributed by atoms with Crippen molar-refractivity contribution >= 4 is 17.0 Å². The third kappa shape index (κ3) is 3.23. The Morgan fingerprint density at radius 3 is 2.50 bits per heavy atom. The van der Waals surface area contributed by atoms with E-state index in [1.54, 1.807) is 4.68 Å². The maximum Gasteiger partial charge on any atom is 0.254 e. The monoisotopic (exact) mass is 403 g/mol. The van der Waals surface area contributed by atoms with Crippen LogP contribution in [-0.4, -0.2) is 55.6 Å². The average Bonchev–Trinajstić information content (AvgIpc) is 3.44. The summed E-state index contributed by atoms with van der Waals surface area (Å²) in [6.45, 7) is 8.02. The molecule has 154 valence electrons. The van der Waals surface area contributed by atoms with Crippen molar-refractivity contribution in [3.63, 3.8) is 0 Å². The van der Waals surface area contributed by atoms with Crippen LogP contribution in [0.5, 0.6) is 0 Å². The Hall–Kier alpha value is -3.26. The van der Waals surface area contributed by atoms with E-state index in [2.05, 4.69) is 40.5 Å². The van der Waals surface area contributed by atoms with E-state index < -0.39 is 0 Å². The molecule has 5 rings (SSSR count). The molecule has 1 aliphatic heterocycles. The molecule has 1 aromatic carbocycles. The minimum absolute atomic E-state index is 0.559. The van der Waals surface area contributed by atoms with E-state index in [1.165, 1.54) is 0 Å². The van der Waals surface area contributed by atoms with Crippen LogP contribution >= 0.6 is 0 Å². The molecule has 0 saturated carbocycles. The number of nitrogens with zero attached hydrogens (tertiary/aromatic N) is 7. The van der Waals surface area contributed by atoms with E-state index in [9.17, 15) is 0 Å². The topological polar surface area (TPSA) is 73.9 Å². The van der Waals surface area contributed by atoms with E-state index in [4.69, 9.17) is 19.7 Å². The molecule has 0 radical (unpaired) electrons. The van der Waals surface area contributed by atoms with Gasteiger partial charge in [-0.3, -0.25) is 0 Å². The number of imidazole rings is 1. The number of aryl methyl sites for hydroxylation is 2. The van der Waals surface area contributed by atoms with Gasteiger partial charge in [-0.25, -0.2) is 9.67 Å². The van der Waals surface area contributed by atoms with Crippen molar-refractivity contribution in [2.24, 2.45) is 0 Å². The second-order valence-electron chi connectivity index (χ2n) is 7.28. The van der Waals surface area contributed by atoms with Gasteiger partial charge < -0.3 is 14.2 Å². The number of fused-ring (bicyclic) bond motifs is 1. The first-order valence-electron chi connectivity index (χ1n) is 10.5. The zero-order chi connectivity index (χ0) is 20.5. The minimum Gasteiger partial charge on any atom is -0.378 e. The largest absolute Gasteiger partial charge is 0.378 e. The molecule has 30 heavy (non-hydrogen) atoms. The van der Waals surface area contributed by atoms with Gasteiger partial charge in [0.25, 0.3) is 5.95 Å². The van der Waals surface area contributed by atoms with Gasteiger partial charge >= 0.3 is 0 Å². The lowest BCUT2D eigenvalue weighted by Crippen LogP contribution is -2.37. The Balaban J connectivity index is 1.66. The van der Waals surface area contributed by atoms with Crippen LogP contribution in [0.15, 0.2) is 42.7 Å². The number of benzene rings is 1. The van der Waals surface area contributed by atoms with Crippen molar-refractivity contribution in [1.82, 2.24) is 29.3 Å². The maximum atomic E-state index is 5.54. The molecule has 1 saturated heterocycles. The van der Waals surface area contributed by atoms with Crippen molar-refractivity contribution in [1.29, 1.82) is 0 Å². The van der Waals surface area contributed by atoms with Crippen LogP contribution in [0.1, 0.15) is 19.7 Å². The fraction of sp³-hybridized carbons (Fsp3) is 0.364. The molecule has 1 fully saturated rings. The normalized spacial score (nSPS) is 14.5. The fourth-order valence-electron chi connectivity index (χ4n) is 3.93. The molecule has 4 heterocycles. The van der Waals surface area contributed by atoms with Gasteiger partial charge in [0, 0.05) is 37.8 Å². The molecule has 4 aromatic rings. The zero-order valence-electron chi connectivity index (χ0n) is 17.3. The summed E-state index contributed by atoms with van der Waals surface area (Å²) in [5.74, 6) is 2.44. The van der Waals surface area contributed by atoms with Gasteiger partial charge in [-0.1, -0.05) is 37.3 Å². The molecule has 8 heteroatoms. The van der Waals surface area contributed by atoms with Gasteiger partial charge in [0.15, 0.2) is 17.0 Å². The summed E-state index contributed by atoms with van der Waals surface area (Å²) in [6.07, 6.45) is 4.68. The highest BCUT2D eigenvalue weighted by atomic mass is 16.5. The first kappa shape index (κ1) is 18.7. The second-order valence-corrected chi connectivity index (χ2v) is 7.28. The number of morpholine rings is 1. The molecular formula is C22H25N7O. The van der Waals surface area contributed by atoms with Gasteiger partial charge in [-0.2, -0.15) is 15.1 Å². The molecule has 0 bridgehead atoms. The van der Waals surface area contributed by atoms with Gasteiger partial charge in [0.2, 0.25) is 0 Å². The van der Waals surface area contributed by atoms with Gasteiger partial charge in [0.1, 0.15) is 5.82 Å². The molecule has 3 aromatic heterocycles. The Labute approximate surface area is 175 Å². The molecule has 8 nitrogen and oxygen atoms in total. The maximum absolute atomic E-state index is 5.54. The minimum atomic E-state index is 0.559. The van der Waals surface area contributed by atoms with Gasteiger partial charge in [-0.15, -0.1) is 0 Å². The summed E-state index contributed by atoms with van der Waals surface area (Å²) in [4.78, 5) is 16.9. The fourth-order valence-corrected chi connectivity index (χ4v) is 3.93. The molecule has 0 aliphatic carbocycles. The number of hydrogen-bond donors (Lipinski definition) is 0. The van der Waals surface area contributed by atoms with E-state index in [0.717, 1.165) is 60.0 Å². The van der Waals surface area contributed by atoms with Gasteiger partial charge in [-0.05, 0) is 12.5 Å². The SMILES string of the molecule is CCc1nc2c(N3CCOCC3)nc(-n3cc(-c4ccccc4)cn3)nc2n1CC. The summed E-state index contributed by atoms with van der Waals surface area (Å²) < 4.78 is 9.47. The van der Waals surface area contributed by atoms with Crippen molar-refractivity contribution < 1.29 is 4.74 Å². The number of anilines is 1.